The summed E-state index contributed by atoms with van der Waals surface area (Å²) in [6.07, 6.45) is 6.24. The predicted octanol–water partition coefficient (Wildman–Crippen LogP) is 3.48. The zero-order valence-corrected chi connectivity index (χ0v) is 16.2. The molecule has 0 atom stereocenters. The molecule has 1 heterocycles. The van der Waals surface area contributed by atoms with Gasteiger partial charge in [-0.25, -0.2) is 0 Å². The lowest BCUT2D eigenvalue weighted by molar-refractivity contribution is -0.119. The van der Waals surface area contributed by atoms with E-state index in [9.17, 15) is 9.59 Å². The standard InChI is InChI=1S/C21H27N3O3/c1-4-5-15(25)9-6-13-10-16-18(11-19(13)27-3)23-12-17(20(16)22-2)21(26)24-14-7-8-14/h10-12,14H,4-9H2,1-3H3,(H,22,23)(H,24,26). The molecule has 0 saturated heterocycles. The summed E-state index contributed by atoms with van der Waals surface area (Å²) in [5.41, 5.74) is 2.99. The van der Waals surface area contributed by atoms with E-state index in [1.165, 1.54) is 0 Å². The number of amides is 1. The van der Waals surface area contributed by atoms with Crippen LogP contribution in [0.25, 0.3) is 10.9 Å². The van der Waals surface area contributed by atoms with Gasteiger partial charge in [0, 0.05) is 43.6 Å². The van der Waals surface area contributed by atoms with Crippen molar-refractivity contribution < 1.29 is 14.3 Å². The van der Waals surface area contributed by atoms with E-state index in [0.717, 1.165) is 47.2 Å². The minimum atomic E-state index is -0.105. The van der Waals surface area contributed by atoms with Crippen LogP contribution in [0.3, 0.4) is 0 Å². The van der Waals surface area contributed by atoms with Crippen molar-refractivity contribution in [2.75, 3.05) is 19.5 Å². The number of ketones is 1. The molecule has 6 heteroatoms. The van der Waals surface area contributed by atoms with E-state index in [2.05, 4.69) is 15.6 Å². The number of aromatic nitrogens is 1. The molecule has 0 unspecified atom stereocenters. The predicted molar refractivity (Wildman–Crippen MR) is 107 cm³/mol. The van der Waals surface area contributed by atoms with Gasteiger partial charge < -0.3 is 15.4 Å². The number of carbonyl (C=O) groups excluding carboxylic acids is 2. The van der Waals surface area contributed by atoms with Gasteiger partial charge in [-0.1, -0.05) is 6.92 Å². The summed E-state index contributed by atoms with van der Waals surface area (Å²) in [6.45, 7) is 2.01. The van der Waals surface area contributed by atoms with Crippen LogP contribution in [-0.4, -0.2) is 36.9 Å². The fourth-order valence-electron chi connectivity index (χ4n) is 3.26. The molecular formula is C21H27N3O3. The maximum absolute atomic E-state index is 12.6. The van der Waals surface area contributed by atoms with Gasteiger partial charge in [0.15, 0.2) is 0 Å². The first-order valence-electron chi connectivity index (χ1n) is 9.57. The highest BCUT2D eigenvalue weighted by Gasteiger charge is 2.25. The van der Waals surface area contributed by atoms with Crippen LogP contribution in [0.1, 0.15) is 54.9 Å². The van der Waals surface area contributed by atoms with Crippen LogP contribution < -0.4 is 15.4 Å². The number of nitrogens with one attached hydrogen (secondary N) is 2. The molecule has 27 heavy (non-hydrogen) atoms. The van der Waals surface area contributed by atoms with Crippen LogP contribution >= 0.6 is 0 Å². The van der Waals surface area contributed by atoms with Crippen molar-refractivity contribution in [3.63, 3.8) is 0 Å². The van der Waals surface area contributed by atoms with Gasteiger partial charge >= 0.3 is 0 Å². The van der Waals surface area contributed by atoms with E-state index in [1.54, 1.807) is 20.4 Å². The largest absolute Gasteiger partial charge is 0.496 e. The Morgan fingerprint density at radius 1 is 1.26 bits per heavy atom. The second kappa shape index (κ2) is 8.37. The lowest BCUT2D eigenvalue weighted by Crippen LogP contribution is -2.26. The van der Waals surface area contributed by atoms with Crippen molar-refractivity contribution in [3.05, 3.63) is 29.5 Å². The Kier molecular flexibility index (Phi) is 5.94. The number of hydrogen-bond donors (Lipinski definition) is 2. The average molecular weight is 369 g/mol. The smallest absolute Gasteiger partial charge is 0.255 e. The highest BCUT2D eigenvalue weighted by molar-refractivity contribution is 6.07. The number of fused-ring (bicyclic) bond motifs is 1. The van der Waals surface area contributed by atoms with E-state index in [-0.39, 0.29) is 17.7 Å². The van der Waals surface area contributed by atoms with Crippen molar-refractivity contribution >= 4 is 28.3 Å². The zero-order valence-electron chi connectivity index (χ0n) is 16.2. The summed E-state index contributed by atoms with van der Waals surface area (Å²) in [4.78, 5) is 29.0. The van der Waals surface area contributed by atoms with Gasteiger partial charge in [-0.3, -0.25) is 14.6 Å². The summed E-state index contributed by atoms with van der Waals surface area (Å²) < 4.78 is 5.51. The maximum Gasteiger partial charge on any atom is 0.255 e. The number of pyridine rings is 1. The molecule has 2 aromatic rings. The monoisotopic (exact) mass is 369 g/mol. The Balaban J connectivity index is 1.97. The summed E-state index contributed by atoms with van der Waals surface area (Å²) in [6, 6.07) is 4.15. The van der Waals surface area contributed by atoms with Crippen LogP contribution in [0.2, 0.25) is 0 Å². The van der Waals surface area contributed by atoms with Gasteiger partial charge in [0.25, 0.3) is 5.91 Å². The van der Waals surface area contributed by atoms with Crippen LogP contribution in [0.15, 0.2) is 18.3 Å². The number of rotatable bonds is 9. The third-order valence-electron chi connectivity index (χ3n) is 4.88. The van der Waals surface area contributed by atoms with Crippen molar-refractivity contribution in [2.24, 2.45) is 0 Å². The number of anilines is 1. The lowest BCUT2D eigenvalue weighted by atomic mass is 10.00. The Bertz CT molecular complexity index is 859. The maximum atomic E-state index is 12.6. The number of benzene rings is 1. The molecule has 6 nitrogen and oxygen atoms in total. The summed E-state index contributed by atoms with van der Waals surface area (Å²) in [5.74, 6) is 0.868. The first-order chi connectivity index (χ1) is 13.1. The van der Waals surface area contributed by atoms with Crippen molar-refractivity contribution in [1.82, 2.24) is 10.3 Å². The molecule has 1 fully saturated rings. The van der Waals surface area contributed by atoms with E-state index in [1.807, 2.05) is 19.1 Å². The Labute approximate surface area is 159 Å². The van der Waals surface area contributed by atoms with Crippen molar-refractivity contribution in [3.8, 4) is 5.75 Å². The molecule has 0 spiro atoms. The summed E-state index contributed by atoms with van der Waals surface area (Å²) in [7, 11) is 3.42. The quantitative estimate of drug-likeness (QED) is 0.707. The lowest BCUT2D eigenvalue weighted by Gasteiger charge is -2.15. The Morgan fingerprint density at radius 3 is 2.67 bits per heavy atom. The molecule has 0 radical (unpaired) electrons. The normalized spacial score (nSPS) is 13.4. The zero-order chi connectivity index (χ0) is 19.4. The number of Topliss-reactive ketones (excluding diaryl/α,β-unsaturated/α-hetero) is 1. The number of ether oxygens (including phenoxy) is 1. The van der Waals surface area contributed by atoms with Crippen molar-refractivity contribution in [2.45, 2.75) is 51.5 Å². The van der Waals surface area contributed by atoms with Crippen LogP contribution in [0, 0.1) is 0 Å². The highest BCUT2D eigenvalue weighted by Crippen LogP contribution is 2.32. The molecule has 3 rings (SSSR count). The Hall–Kier alpha value is -2.63. The SMILES string of the molecule is CCCC(=O)CCc1cc2c(NC)c(C(=O)NC3CC3)cnc2cc1OC. The van der Waals surface area contributed by atoms with Gasteiger partial charge in [-0.2, -0.15) is 0 Å². The van der Waals surface area contributed by atoms with Crippen molar-refractivity contribution in [1.29, 1.82) is 0 Å². The fraction of sp³-hybridized carbons (Fsp3) is 0.476. The highest BCUT2D eigenvalue weighted by atomic mass is 16.5. The first kappa shape index (κ1) is 19.1. The van der Waals surface area contributed by atoms with Gasteiger partial charge in [-0.05, 0) is 37.3 Å². The molecule has 1 aromatic heterocycles. The molecule has 1 aromatic carbocycles. The molecule has 2 N–H and O–H groups in total. The van der Waals surface area contributed by atoms with E-state index < -0.39 is 0 Å². The number of aryl methyl sites for hydroxylation is 1. The molecule has 1 aliphatic rings. The van der Waals surface area contributed by atoms with E-state index in [0.29, 0.717) is 24.8 Å². The summed E-state index contributed by atoms with van der Waals surface area (Å²) in [5, 5.41) is 7.03. The van der Waals surface area contributed by atoms with Gasteiger partial charge in [0.05, 0.1) is 23.9 Å². The molecule has 144 valence electrons. The Morgan fingerprint density at radius 2 is 2.04 bits per heavy atom. The van der Waals surface area contributed by atoms with Gasteiger partial charge in [-0.15, -0.1) is 0 Å². The minimum absolute atomic E-state index is 0.105. The second-order valence-electron chi connectivity index (χ2n) is 7.01. The van der Waals surface area contributed by atoms with Gasteiger partial charge in [0.2, 0.25) is 0 Å². The number of nitrogens with zero attached hydrogens (tertiary/aromatic N) is 1. The molecule has 1 aliphatic carbocycles. The average Bonchev–Trinajstić information content (AvgIpc) is 3.48. The number of carbonyl (C=O) groups is 2. The van der Waals surface area contributed by atoms with Crippen LogP contribution in [-0.2, 0) is 11.2 Å². The molecule has 0 bridgehead atoms. The fourth-order valence-corrected chi connectivity index (χ4v) is 3.26. The third-order valence-corrected chi connectivity index (χ3v) is 4.88. The minimum Gasteiger partial charge on any atom is -0.496 e. The summed E-state index contributed by atoms with van der Waals surface area (Å²) >= 11 is 0. The van der Waals surface area contributed by atoms with E-state index >= 15 is 0 Å². The molecule has 1 amide bonds. The topological polar surface area (TPSA) is 80.3 Å². The molecule has 1 saturated carbocycles. The molecular weight excluding hydrogens is 342 g/mol. The van der Waals surface area contributed by atoms with Crippen LogP contribution in [0.4, 0.5) is 5.69 Å². The molecule has 0 aliphatic heterocycles. The first-order valence-corrected chi connectivity index (χ1v) is 9.57. The number of hydrogen-bond acceptors (Lipinski definition) is 5. The second-order valence-corrected chi connectivity index (χ2v) is 7.01. The van der Waals surface area contributed by atoms with Gasteiger partial charge in [0.1, 0.15) is 11.5 Å². The number of methoxy groups -OCH3 is 1. The third kappa shape index (κ3) is 4.38. The van der Waals surface area contributed by atoms with Crippen LogP contribution in [0.5, 0.6) is 5.75 Å². The van der Waals surface area contributed by atoms with E-state index in [4.69, 9.17) is 4.74 Å².